The lowest BCUT2D eigenvalue weighted by Crippen LogP contribution is -2.63. The van der Waals surface area contributed by atoms with Crippen LogP contribution >= 0.6 is 0 Å². The number of hydrogen-bond donors (Lipinski definition) is 4. The number of amides is 3. The fourth-order valence-corrected chi connectivity index (χ4v) is 5.30. The fourth-order valence-electron chi connectivity index (χ4n) is 5.30. The van der Waals surface area contributed by atoms with Gasteiger partial charge in [-0.05, 0) is 82.3 Å². The van der Waals surface area contributed by atoms with Crippen LogP contribution in [0.3, 0.4) is 0 Å². The van der Waals surface area contributed by atoms with Crippen LogP contribution in [0.5, 0.6) is 0 Å². The number of anilines is 1. The van der Waals surface area contributed by atoms with Crippen LogP contribution in [0.2, 0.25) is 0 Å². The van der Waals surface area contributed by atoms with Gasteiger partial charge in [-0.2, -0.15) is 13.2 Å². The molecule has 9 nitrogen and oxygen atoms in total. The predicted octanol–water partition coefficient (Wildman–Crippen LogP) is 4.41. The highest BCUT2D eigenvalue weighted by Gasteiger charge is 2.40. The average Bonchev–Trinajstić information content (AvgIpc) is 2.88. The summed E-state index contributed by atoms with van der Waals surface area (Å²) in [5, 5.41) is 19.2. The molecule has 0 aromatic heterocycles. The van der Waals surface area contributed by atoms with E-state index in [4.69, 9.17) is 4.74 Å². The monoisotopic (exact) mass is 590 g/mol. The Labute approximate surface area is 242 Å². The number of alkyl halides is 3. The fraction of sp³-hybridized carbons (Fsp3) is 0.500. The molecule has 0 bridgehead atoms. The topological polar surface area (TPSA) is 120 Å². The van der Waals surface area contributed by atoms with Crippen LogP contribution in [0, 0.1) is 0 Å². The third-order valence-electron chi connectivity index (χ3n) is 7.50. The summed E-state index contributed by atoms with van der Waals surface area (Å²) in [5.41, 5.74) is -1.29. The van der Waals surface area contributed by atoms with E-state index in [1.807, 2.05) is 12.1 Å². The number of carbonyl (C=O) groups is 3. The minimum absolute atomic E-state index is 0.0891. The molecule has 2 fully saturated rings. The van der Waals surface area contributed by atoms with Crippen molar-refractivity contribution in [1.82, 2.24) is 15.5 Å². The zero-order valence-corrected chi connectivity index (χ0v) is 23.9. The molecule has 0 radical (unpaired) electrons. The molecule has 1 heterocycles. The third-order valence-corrected chi connectivity index (χ3v) is 7.50. The van der Waals surface area contributed by atoms with Gasteiger partial charge in [0, 0.05) is 30.4 Å². The summed E-state index contributed by atoms with van der Waals surface area (Å²) in [7, 11) is 0. The molecule has 0 spiro atoms. The predicted molar refractivity (Wildman–Crippen MR) is 150 cm³/mol. The van der Waals surface area contributed by atoms with Gasteiger partial charge in [-0.1, -0.05) is 18.2 Å². The molecule has 3 amide bonds. The van der Waals surface area contributed by atoms with Crippen LogP contribution in [0.4, 0.5) is 23.7 Å². The van der Waals surface area contributed by atoms with Gasteiger partial charge in [0.1, 0.15) is 5.60 Å². The van der Waals surface area contributed by atoms with E-state index in [0.717, 1.165) is 36.6 Å². The lowest BCUT2D eigenvalue weighted by Gasteiger charge is -2.48. The van der Waals surface area contributed by atoms with Crippen molar-refractivity contribution < 1.29 is 37.4 Å². The molecular weight excluding hydrogens is 553 g/mol. The average molecular weight is 591 g/mol. The number of benzene rings is 2. The smallest absolute Gasteiger partial charge is 0.416 e. The molecule has 1 aliphatic carbocycles. The van der Waals surface area contributed by atoms with Gasteiger partial charge >= 0.3 is 12.3 Å². The van der Waals surface area contributed by atoms with Crippen molar-refractivity contribution in [3.8, 4) is 0 Å². The molecule has 228 valence electrons. The number of halogens is 3. The number of nitrogens with one attached hydrogen (secondary N) is 3. The van der Waals surface area contributed by atoms with Gasteiger partial charge in [0.25, 0.3) is 5.91 Å². The number of hydrogen-bond acceptors (Lipinski definition) is 6. The second kappa shape index (κ2) is 12.3. The largest absolute Gasteiger partial charge is 0.444 e. The van der Waals surface area contributed by atoms with Crippen LogP contribution in [-0.4, -0.2) is 65.2 Å². The molecular formula is C30H37F3N4O5. The quantitative estimate of drug-likeness (QED) is 0.379. The van der Waals surface area contributed by atoms with Gasteiger partial charge in [0.2, 0.25) is 5.91 Å². The second-order valence-corrected chi connectivity index (χ2v) is 11.9. The SMILES string of the molecule is CC(C)(C)OC(=O)Nc1ccc(C2(O)CCC(N3CC(NC(=O)CNC(=O)c4cccc(C(F)(F)F)c4)C3)CC2)cc1. The zero-order chi connectivity index (χ0) is 30.7. The van der Waals surface area contributed by atoms with E-state index in [-0.39, 0.29) is 24.2 Å². The van der Waals surface area contributed by atoms with Gasteiger partial charge < -0.3 is 20.5 Å². The third kappa shape index (κ3) is 8.22. The summed E-state index contributed by atoms with van der Waals surface area (Å²) in [5.74, 6) is -1.17. The molecule has 4 N–H and O–H groups in total. The first-order chi connectivity index (χ1) is 19.6. The van der Waals surface area contributed by atoms with Gasteiger partial charge in [-0.25, -0.2) is 4.79 Å². The molecule has 4 rings (SSSR count). The van der Waals surface area contributed by atoms with Crippen molar-refractivity contribution in [1.29, 1.82) is 0 Å². The number of nitrogens with zero attached hydrogens (tertiary/aromatic N) is 1. The van der Waals surface area contributed by atoms with Crippen LogP contribution in [0.25, 0.3) is 0 Å². The van der Waals surface area contributed by atoms with E-state index in [1.165, 1.54) is 6.07 Å². The van der Waals surface area contributed by atoms with E-state index in [0.29, 0.717) is 31.6 Å². The maximum Gasteiger partial charge on any atom is 0.416 e. The van der Waals surface area contributed by atoms with E-state index < -0.39 is 40.8 Å². The first-order valence-electron chi connectivity index (χ1n) is 13.9. The van der Waals surface area contributed by atoms with Gasteiger partial charge in [0.15, 0.2) is 0 Å². The second-order valence-electron chi connectivity index (χ2n) is 11.9. The van der Waals surface area contributed by atoms with E-state index in [2.05, 4.69) is 20.9 Å². The molecule has 0 unspecified atom stereocenters. The molecule has 1 aliphatic heterocycles. The normalized spacial score (nSPS) is 21.6. The lowest BCUT2D eigenvalue weighted by molar-refractivity contribution is -0.137. The van der Waals surface area contributed by atoms with E-state index >= 15 is 0 Å². The number of likely N-dealkylation sites (tertiary alicyclic amines) is 1. The summed E-state index contributed by atoms with van der Waals surface area (Å²) in [4.78, 5) is 38.7. The van der Waals surface area contributed by atoms with Crippen LogP contribution < -0.4 is 16.0 Å². The van der Waals surface area contributed by atoms with Crippen molar-refractivity contribution in [2.45, 2.75) is 75.9 Å². The molecule has 1 saturated heterocycles. The van der Waals surface area contributed by atoms with E-state index in [9.17, 15) is 32.7 Å². The first-order valence-corrected chi connectivity index (χ1v) is 13.9. The van der Waals surface area contributed by atoms with Gasteiger partial charge in [-0.15, -0.1) is 0 Å². The minimum Gasteiger partial charge on any atom is -0.444 e. The standard InChI is InChI=1S/C30H37F3N4O5/c1-28(2,3)42-27(40)36-22-9-7-20(8-10-22)29(41)13-11-24(12-14-29)37-17-23(18-37)35-25(38)16-34-26(39)19-5-4-6-21(15-19)30(31,32)33/h4-10,15,23-24,41H,11-14,16-18H2,1-3H3,(H,34,39)(H,35,38)(H,36,40). The Morgan fingerprint density at radius 3 is 2.26 bits per heavy atom. The van der Waals surface area contributed by atoms with Crippen LogP contribution in [-0.2, 0) is 21.3 Å². The Morgan fingerprint density at radius 1 is 1.02 bits per heavy atom. The Morgan fingerprint density at radius 2 is 1.67 bits per heavy atom. The number of ether oxygens (including phenoxy) is 1. The molecule has 0 atom stereocenters. The van der Waals surface area contributed by atoms with E-state index in [1.54, 1.807) is 32.9 Å². The number of aliphatic hydroxyl groups is 1. The Balaban J connectivity index is 1.17. The maximum atomic E-state index is 12.9. The summed E-state index contributed by atoms with van der Waals surface area (Å²) in [6.45, 7) is 6.30. The highest BCUT2D eigenvalue weighted by Crippen LogP contribution is 2.40. The first kappa shape index (κ1) is 31.3. The van der Waals surface area contributed by atoms with Gasteiger partial charge in [0.05, 0.1) is 23.8 Å². The van der Waals surface area contributed by atoms with Crippen molar-refractivity contribution in [2.24, 2.45) is 0 Å². The summed E-state index contributed by atoms with van der Waals surface area (Å²) < 4.78 is 43.9. The Kier molecular flexibility index (Phi) is 9.17. The molecule has 2 aliphatic rings. The van der Waals surface area contributed by atoms with Crippen molar-refractivity contribution in [2.75, 3.05) is 25.0 Å². The summed E-state index contributed by atoms with van der Waals surface area (Å²) >= 11 is 0. The van der Waals surface area contributed by atoms with Crippen molar-refractivity contribution in [3.63, 3.8) is 0 Å². The number of rotatable bonds is 7. The maximum absolute atomic E-state index is 12.9. The summed E-state index contributed by atoms with van der Waals surface area (Å²) in [6.07, 6.45) is -2.39. The zero-order valence-electron chi connectivity index (χ0n) is 23.9. The molecule has 42 heavy (non-hydrogen) atoms. The van der Waals surface area contributed by atoms with Gasteiger partial charge in [-0.3, -0.25) is 19.8 Å². The molecule has 2 aromatic carbocycles. The Bertz CT molecular complexity index is 1280. The highest BCUT2D eigenvalue weighted by molar-refractivity contribution is 5.96. The highest BCUT2D eigenvalue weighted by atomic mass is 19.4. The summed E-state index contributed by atoms with van der Waals surface area (Å²) in [6, 6.07) is 11.3. The van der Waals surface area contributed by atoms with Crippen LogP contribution in [0.1, 0.15) is 67.9 Å². The minimum atomic E-state index is -4.56. The van der Waals surface area contributed by atoms with Crippen LogP contribution in [0.15, 0.2) is 48.5 Å². The van der Waals surface area contributed by atoms with Crippen molar-refractivity contribution in [3.05, 3.63) is 65.2 Å². The number of carbonyl (C=O) groups excluding carboxylic acids is 3. The molecule has 1 saturated carbocycles. The molecule has 2 aromatic rings. The van der Waals surface area contributed by atoms with Crippen molar-refractivity contribution >= 4 is 23.6 Å². The molecule has 12 heteroatoms. The lowest BCUT2D eigenvalue weighted by atomic mass is 9.76. The Hall–Kier alpha value is -3.64.